The summed E-state index contributed by atoms with van der Waals surface area (Å²) in [6, 6.07) is 16.0. The van der Waals surface area contributed by atoms with Crippen molar-refractivity contribution >= 4 is 35.1 Å². The van der Waals surface area contributed by atoms with Crippen LogP contribution in [0, 0.1) is 34.5 Å². The minimum Gasteiger partial charge on any atom is -0.383 e. The first-order valence-electron chi connectivity index (χ1n) is 14.3. The van der Waals surface area contributed by atoms with E-state index in [1.165, 1.54) is 18.0 Å². The molecule has 3 N–H and O–H groups in total. The van der Waals surface area contributed by atoms with Crippen LogP contribution in [0.3, 0.4) is 0 Å². The first-order valence-corrected chi connectivity index (χ1v) is 15.5. The Morgan fingerprint density at radius 1 is 1.26 bits per heavy atom. The summed E-state index contributed by atoms with van der Waals surface area (Å²) in [6.45, 7) is 0.653. The van der Waals surface area contributed by atoms with Crippen molar-refractivity contribution in [2.24, 2.45) is 17.3 Å². The summed E-state index contributed by atoms with van der Waals surface area (Å²) in [6.07, 6.45) is 4.24. The lowest BCUT2D eigenvalue weighted by Gasteiger charge is -2.80. The molecule has 5 unspecified atom stereocenters. The smallest absolute Gasteiger partial charge is 0.273 e. The maximum absolute atomic E-state index is 13.8. The molecule has 12 heteroatoms. The molecule has 3 aliphatic carbocycles. The summed E-state index contributed by atoms with van der Waals surface area (Å²) >= 11 is 8.29. The van der Waals surface area contributed by atoms with E-state index >= 15 is 0 Å². The van der Waals surface area contributed by atoms with Gasteiger partial charge in [0.1, 0.15) is 28.8 Å². The number of benzene rings is 1. The van der Waals surface area contributed by atoms with Gasteiger partial charge in [-0.3, -0.25) is 9.52 Å². The van der Waals surface area contributed by atoms with Crippen LogP contribution in [0.15, 0.2) is 57.9 Å². The zero-order valence-corrected chi connectivity index (χ0v) is 24.4. The Morgan fingerprint density at radius 2 is 2.09 bits per heavy atom. The predicted octanol–water partition coefficient (Wildman–Crippen LogP) is 5.68. The lowest BCUT2D eigenvalue weighted by Crippen LogP contribution is -2.84. The van der Waals surface area contributed by atoms with Crippen LogP contribution in [0.4, 0.5) is 10.1 Å². The molecule has 1 aliphatic heterocycles. The lowest BCUT2D eigenvalue weighted by atomic mass is 9.26. The van der Waals surface area contributed by atoms with Gasteiger partial charge >= 0.3 is 0 Å². The Bertz CT molecular complexity index is 1830. The highest BCUT2D eigenvalue weighted by atomic mass is 35.5. The molecule has 4 aliphatic rings. The van der Waals surface area contributed by atoms with Crippen molar-refractivity contribution in [3.8, 4) is 17.4 Å². The average Bonchev–Trinajstić information content (AvgIpc) is 3.71. The quantitative estimate of drug-likeness (QED) is 0.179. The molecule has 4 heterocycles. The maximum Gasteiger partial charge on any atom is 0.273 e. The van der Waals surface area contributed by atoms with Crippen molar-refractivity contribution in [2.45, 2.75) is 55.2 Å². The van der Waals surface area contributed by atoms with Gasteiger partial charge in [-0.15, -0.1) is 0 Å². The molecule has 1 spiro atoms. The van der Waals surface area contributed by atoms with Crippen LogP contribution in [0.5, 0.6) is 0 Å². The van der Waals surface area contributed by atoms with Crippen LogP contribution < -0.4 is 10.0 Å². The molecule has 218 valence electrons. The van der Waals surface area contributed by atoms with E-state index in [0.717, 1.165) is 47.9 Å². The number of nitrogens with zero attached hydrogens (tertiary/aromatic N) is 4. The van der Waals surface area contributed by atoms with Crippen LogP contribution in [-0.2, 0) is 18.6 Å². The van der Waals surface area contributed by atoms with Gasteiger partial charge in [0, 0.05) is 47.1 Å². The van der Waals surface area contributed by atoms with E-state index in [4.69, 9.17) is 21.4 Å². The van der Waals surface area contributed by atoms with E-state index in [-0.39, 0.29) is 22.8 Å². The Hall–Kier alpha value is -3.69. The SMILES string of the molecule is N#Cc1cc(NC(=O)c2c(Cl)c(SNC3C4CCC45C3CC5(O)c3cc(-c4ccccc4)on3)c3n2CCC3)cc(F)n1. The molecular formula is C31H26ClFN6O3S. The van der Waals surface area contributed by atoms with Crippen molar-refractivity contribution in [1.82, 2.24) is 19.4 Å². The number of rotatable bonds is 7. The molecule has 5 atom stereocenters. The second-order valence-corrected chi connectivity index (χ2v) is 13.1. The molecule has 43 heavy (non-hydrogen) atoms. The summed E-state index contributed by atoms with van der Waals surface area (Å²) in [5.41, 5.74) is 1.66. The molecule has 4 aromatic rings. The van der Waals surface area contributed by atoms with E-state index in [0.29, 0.717) is 47.0 Å². The van der Waals surface area contributed by atoms with Crippen molar-refractivity contribution in [3.63, 3.8) is 0 Å². The minimum atomic E-state index is -1.00. The normalized spacial score (nSPS) is 28.0. The standard InChI is InChI=1S/C31H26ClFN6O3S/c32-25-27(29(40)36-17-11-18(15-34)35-24(33)12-17)39-10-4-7-21(39)28(25)43-38-26-19-8-9-30(19)20(26)14-31(30,41)23-13-22(42-37-23)16-5-2-1-3-6-16/h1-3,5-6,11-13,19-20,26,38,41H,4,7-10,14H2,(H,35,36,40). The highest BCUT2D eigenvalue weighted by Crippen LogP contribution is 2.81. The van der Waals surface area contributed by atoms with Gasteiger partial charge in [-0.05, 0) is 62.0 Å². The number of aliphatic hydroxyl groups is 1. The first kappa shape index (κ1) is 26.9. The molecule has 1 amide bonds. The third-order valence-corrected chi connectivity index (χ3v) is 11.6. The molecular weight excluding hydrogens is 591 g/mol. The summed E-state index contributed by atoms with van der Waals surface area (Å²) in [5, 5.41) is 28.3. The van der Waals surface area contributed by atoms with E-state index in [1.807, 2.05) is 41.0 Å². The Labute approximate surface area is 255 Å². The molecule has 9 nitrogen and oxygen atoms in total. The van der Waals surface area contributed by atoms with Gasteiger partial charge in [0.15, 0.2) is 5.76 Å². The number of hydrogen-bond acceptors (Lipinski definition) is 8. The van der Waals surface area contributed by atoms with Gasteiger partial charge in [-0.25, -0.2) is 4.98 Å². The van der Waals surface area contributed by atoms with E-state index in [1.54, 1.807) is 6.07 Å². The zero-order valence-electron chi connectivity index (χ0n) is 22.8. The van der Waals surface area contributed by atoms with Crippen LogP contribution in [-0.4, -0.2) is 31.8 Å². The van der Waals surface area contributed by atoms with Gasteiger partial charge in [0.05, 0.1) is 9.92 Å². The minimum absolute atomic E-state index is 0.127. The third-order valence-electron chi connectivity index (χ3n) is 10.1. The predicted molar refractivity (Wildman–Crippen MR) is 157 cm³/mol. The van der Waals surface area contributed by atoms with E-state index < -0.39 is 17.5 Å². The van der Waals surface area contributed by atoms with Gasteiger partial charge in [0.25, 0.3) is 5.91 Å². The zero-order chi connectivity index (χ0) is 29.5. The fourth-order valence-corrected chi connectivity index (χ4v) is 9.58. The fourth-order valence-electron chi connectivity index (χ4n) is 8.07. The number of anilines is 1. The molecule has 3 fully saturated rings. The summed E-state index contributed by atoms with van der Waals surface area (Å²) < 4.78 is 25.1. The number of pyridine rings is 1. The number of carbonyl (C=O) groups excluding carboxylic acids is 1. The van der Waals surface area contributed by atoms with Crippen LogP contribution in [0.25, 0.3) is 11.3 Å². The number of amides is 1. The van der Waals surface area contributed by atoms with Crippen molar-refractivity contribution < 1.29 is 18.8 Å². The van der Waals surface area contributed by atoms with Crippen LogP contribution in [0.1, 0.15) is 53.3 Å². The average molecular weight is 617 g/mol. The van der Waals surface area contributed by atoms with Crippen LogP contribution >= 0.6 is 23.5 Å². The topological polar surface area (TPSA) is 129 Å². The van der Waals surface area contributed by atoms with Crippen molar-refractivity contribution in [1.29, 1.82) is 5.26 Å². The molecule has 3 saturated carbocycles. The molecule has 3 aromatic heterocycles. The van der Waals surface area contributed by atoms with Gasteiger partial charge in [0.2, 0.25) is 5.95 Å². The fraction of sp³-hybridized carbons (Fsp3) is 0.355. The monoisotopic (exact) mass is 616 g/mol. The van der Waals surface area contributed by atoms with Gasteiger partial charge in [-0.1, -0.05) is 47.1 Å². The summed E-state index contributed by atoms with van der Waals surface area (Å²) in [7, 11) is 0. The Kier molecular flexibility index (Phi) is 6.04. The number of fused-ring (bicyclic) bond motifs is 1. The van der Waals surface area contributed by atoms with Gasteiger partial charge < -0.3 is 19.5 Å². The highest BCUT2D eigenvalue weighted by Gasteiger charge is 2.82. The van der Waals surface area contributed by atoms with E-state index in [9.17, 15) is 14.3 Å². The molecule has 0 saturated heterocycles. The second kappa shape index (κ2) is 9.66. The number of nitriles is 1. The van der Waals surface area contributed by atoms with Crippen LogP contribution in [0.2, 0.25) is 5.02 Å². The van der Waals surface area contributed by atoms with Crippen molar-refractivity contribution in [3.05, 3.63) is 82.3 Å². The largest absolute Gasteiger partial charge is 0.383 e. The molecule has 1 aromatic carbocycles. The lowest BCUT2D eigenvalue weighted by molar-refractivity contribution is -0.367. The number of hydrogen-bond donors (Lipinski definition) is 3. The summed E-state index contributed by atoms with van der Waals surface area (Å²) in [5.74, 6) is -0.0666. The Balaban J connectivity index is 0.989. The van der Waals surface area contributed by atoms with Gasteiger partial charge in [-0.2, -0.15) is 9.65 Å². The molecule has 0 bridgehead atoms. The number of carbonyl (C=O) groups is 1. The highest BCUT2D eigenvalue weighted by molar-refractivity contribution is 7.97. The van der Waals surface area contributed by atoms with E-state index in [2.05, 4.69) is 20.2 Å². The third kappa shape index (κ3) is 3.73. The summed E-state index contributed by atoms with van der Waals surface area (Å²) in [4.78, 5) is 17.6. The number of aromatic nitrogens is 3. The molecule has 0 radical (unpaired) electrons. The second-order valence-electron chi connectivity index (χ2n) is 11.9. The number of nitrogens with one attached hydrogen (secondary N) is 2. The maximum atomic E-state index is 13.8. The first-order chi connectivity index (χ1) is 20.8. The molecule has 8 rings (SSSR count). The van der Waals surface area contributed by atoms with Crippen molar-refractivity contribution in [2.75, 3.05) is 5.32 Å². The number of halogens is 2. The Morgan fingerprint density at radius 3 is 2.84 bits per heavy atom.